The van der Waals surface area contributed by atoms with Gasteiger partial charge in [0.2, 0.25) is 5.13 Å². The smallest absolute Gasteiger partial charge is 0.262 e. The maximum Gasteiger partial charge on any atom is 0.262 e. The summed E-state index contributed by atoms with van der Waals surface area (Å²) in [6.45, 7) is 6.15. The number of hydrogen-bond acceptors (Lipinski definition) is 8. The van der Waals surface area contributed by atoms with E-state index in [1.807, 2.05) is 42.8 Å². The molecule has 31 heavy (non-hydrogen) atoms. The topological polar surface area (TPSA) is 80.7 Å². The largest absolute Gasteiger partial charge is 0.296 e. The van der Waals surface area contributed by atoms with E-state index < -0.39 is 0 Å². The molecule has 4 aromatic rings. The molecular formula is C22H21N5OS3. The van der Waals surface area contributed by atoms with Crippen LogP contribution in [-0.2, 0) is 0 Å². The van der Waals surface area contributed by atoms with E-state index in [0.717, 1.165) is 15.4 Å². The molecule has 0 radical (unpaired) electrons. The molecule has 0 aliphatic carbocycles. The second kappa shape index (κ2) is 9.25. The molecule has 0 fully saturated rings. The van der Waals surface area contributed by atoms with Crippen molar-refractivity contribution in [1.82, 2.24) is 20.2 Å². The quantitative estimate of drug-likeness (QED) is 0.271. The summed E-state index contributed by atoms with van der Waals surface area (Å²) in [5, 5.41) is 15.1. The van der Waals surface area contributed by atoms with Crippen LogP contribution in [0.15, 0.2) is 46.8 Å². The number of amides is 1. The van der Waals surface area contributed by atoms with Gasteiger partial charge in [-0.1, -0.05) is 55.5 Å². The lowest BCUT2D eigenvalue weighted by Gasteiger charge is -2.10. The number of aryl methyl sites for hydroxylation is 1. The molecule has 9 heteroatoms. The third kappa shape index (κ3) is 4.68. The van der Waals surface area contributed by atoms with Gasteiger partial charge >= 0.3 is 0 Å². The fourth-order valence-corrected chi connectivity index (χ4v) is 5.06. The Hall–Kier alpha value is -2.62. The minimum Gasteiger partial charge on any atom is -0.296 e. The van der Waals surface area contributed by atoms with Gasteiger partial charge in [0.25, 0.3) is 5.91 Å². The van der Waals surface area contributed by atoms with Gasteiger partial charge < -0.3 is 0 Å². The number of nitrogens with one attached hydrogen (secondary N) is 1. The Morgan fingerprint density at radius 3 is 2.52 bits per heavy atom. The molecule has 4 rings (SSSR count). The molecule has 3 heterocycles. The summed E-state index contributed by atoms with van der Waals surface area (Å²) in [7, 11) is 0. The number of nitrogens with zero attached hydrogens (tertiary/aromatic N) is 4. The zero-order chi connectivity index (χ0) is 22.0. The van der Waals surface area contributed by atoms with Crippen molar-refractivity contribution in [3.8, 4) is 21.3 Å². The molecule has 6 nitrogen and oxygen atoms in total. The molecule has 0 bridgehead atoms. The molecule has 3 aromatic heterocycles. The SMILES string of the molecule is CSc1nc(-c2cccs2)nc(C)c1C(=O)Nc1nnc(-c2ccc(C(C)C)cc2)s1. The Kier molecular flexibility index (Phi) is 6.45. The van der Waals surface area contributed by atoms with E-state index >= 15 is 0 Å². The Bertz CT molecular complexity index is 1200. The van der Waals surface area contributed by atoms with Crippen molar-refractivity contribution in [3.63, 3.8) is 0 Å². The molecule has 0 atom stereocenters. The monoisotopic (exact) mass is 467 g/mol. The van der Waals surface area contributed by atoms with Crippen LogP contribution < -0.4 is 5.32 Å². The molecule has 0 spiro atoms. The molecule has 0 aliphatic rings. The maximum absolute atomic E-state index is 13.0. The van der Waals surface area contributed by atoms with Crippen LogP contribution in [0.5, 0.6) is 0 Å². The molecule has 0 saturated heterocycles. The van der Waals surface area contributed by atoms with Crippen LogP contribution >= 0.6 is 34.4 Å². The average Bonchev–Trinajstić information content (AvgIpc) is 3.45. The van der Waals surface area contributed by atoms with Crippen molar-refractivity contribution >= 4 is 45.5 Å². The number of thiophene rings is 1. The number of thioether (sulfide) groups is 1. The number of benzene rings is 1. The first-order chi connectivity index (χ1) is 15.0. The highest BCUT2D eigenvalue weighted by Gasteiger charge is 2.21. The van der Waals surface area contributed by atoms with E-state index in [0.29, 0.717) is 33.2 Å². The summed E-state index contributed by atoms with van der Waals surface area (Å²) >= 11 is 4.34. The lowest BCUT2D eigenvalue weighted by atomic mass is 10.0. The fraction of sp³-hybridized carbons (Fsp3) is 0.227. The van der Waals surface area contributed by atoms with Crippen molar-refractivity contribution < 1.29 is 4.79 Å². The number of anilines is 1. The number of carbonyl (C=O) groups is 1. The Labute approximate surface area is 193 Å². The Morgan fingerprint density at radius 1 is 1.10 bits per heavy atom. The summed E-state index contributed by atoms with van der Waals surface area (Å²) in [5.41, 5.74) is 3.35. The summed E-state index contributed by atoms with van der Waals surface area (Å²) in [4.78, 5) is 23.1. The van der Waals surface area contributed by atoms with Gasteiger partial charge in [-0.2, -0.15) is 0 Å². The third-order valence-corrected chi connectivity index (χ3v) is 7.12. The molecule has 1 aromatic carbocycles. The van der Waals surface area contributed by atoms with E-state index in [-0.39, 0.29) is 5.91 Å². The number of hydrogen-bond donors (Lipinski definition) is 1. The zero-order valence-corrected chi connectivity index (χ0v) is 20.0. The molecule has 1 amide bonds. The van der Waals surface area contributed by atoms with Crippen LogP contribution in [0.2, 0.25) is 0 Å². The van der Waals surface area contributed by atoms with E-state index in [2.05, 4.69) is 51.5 Å². The third-order valence-electron chi connectivity index (χ3n) is 4.69. The van der Waals surface area contributed by atoms with E-state index in [4.69, 9.17) is 0 Å². The second-order valence-corrected chi connectivity index (χ2v) is 9.86. The summed E-state index contributed by atoms with van der Waals surface area (Å²) in [6.07, 6.45) is 1.90. The molecular weight excluding hydrogens is 446 g/mol. The minimum atomic E-state index is -0.280. The lowest BCUT2D eigenvalue weighted by molar-refractivity contribution is 0.102. The number of rotatable bonds is 6. The number of carbonyl (C=O) groups excluding carboxylic acids is 1. The standard InChI is InChI=1S/C22H21N5OS3/c1-12(2)14-7-9-15(10-8-14)20-26-27-22(31-20)25-19(28)17-13(3)23-18(24-21(17)29-4)16-6-5-11-30-16/h5-12H,1-4H3,(H,25,27,28). The first kappa shape index (κ1) is 21.6. The first-order valence-corrected chi connectivity index (χ1v) is 12.6. The first-order valence-electron chi connectivity index (χ1n) is 9.68. The maximum atomic E-state index is 13.0. The predicted octanol–water partition coefficient (Wildman–Crippen LogP) is 6.13. The van der Waals surface area contributed by atoms with E-state index in [9.17, 15) is 4.79 Å². The zero-order valence-electron chi connectivity index (χ0n) is 17.5. The lowest BCUT2D eigenvalue weighted by Crippen LogP contribution is -2.16. The van der Waals surface area contributed by atoms with Crippen LogP contribution in [0, 0.1) is 6.92 Å². The van der Waals surface area contributed by atoms with Crippen molar-refractivity contribution in [2.75, 3.05) is 11.6 Å². The molecule has 0 unspecified atom stereocenters. The molecule has 0 saturated carbocycles. The average molecular weight is 468 g/mol. The Balaban J connectivity index is 1.56. The van der Waals surface area contributed by atoms with Gasteiger partial charge in [-0.25, -0.2) is 9.97 Å². The fourth-order valence-electron chi connectivity index (χ4n) is 3.03. The van der Waals surface area contributed by atoms with Crippen LogP contribution in [0.4, 0.5) is 5.13 Å². The van der Waals surface area contributed by atoms with Gasteiger partial charge in [0, 0.05) is 5.56 Å². The minimum absolute atomic E-state index is 0.280. The van der Waals surface area contributed by atoms with Crippen molar-refractivity contribution in [2.24, 2.45) is 0 Å². The Morgan fingerprint density at radius 2 is 1.87 bits per heavy atom. The van der Waals surface area contributed by atoms with Gasteiger partial charge in [0.05, 0.1) is 16.1 Å². The normalized spacial score (nSPS) is 11.1. The van der Waals surface area contributed by atoms with Crippen LogP contribution in [0.3, 0.4) is 0 Å². The van der Waals surface area contributed by atoms with Gasteiger partial charge in [0.1, 0.15) is 10.0 Å². The second-order valence-electron chi connectivity index (χ2n) is 7.14. The van der Waals surface area contributed by atoms with Crippen molar-refractivity contribution in [3.05, 3.63) is 58.6 Å². The highest BCUT2D eigenvalue weighted by Crippen LogP contribution is 2.30. The van der Waals surface area contributed by atoms with E-state index in [1.165, 1.54) is 28.7 Å². The van der Waals surface area contributed by atoms with Crippen molar-refractivity contribution in [2.45, 2.75) is 31.7 Å². The van der Waals surface area contributed by atoms with Gasteiger partial charge in [0.15, 0.2) is 5.82 Å². The van der Waals surface area contributed by atoms with Gasteiger partial charge in [-0.3, -0.25) is 10.1 Å². The molecule has 1 N–H and O–H groups in total. The van der Waals surface area contributed by atoms with Crippen molar-refractivity contribution in [1.29, 1.82) is 0 Å². The van der Waals surface area contributed by atoms with Crippen LogP contribution in [-0.4, -0.2) is 32.3 Å². The van der Waals surface area contributed by atoms with E-state index in [1.54, 1.807) is 11.3 Å². The summed E-state index contributed by atoms with van der Waals surface area (Å²) in [5.74, 6) is 0.828. The summed E-state index contributed by atoms with van der Waals surface area (Å²) in [6, 6.07) is 12.2. The van der Waals surface area contributed by atoms with Gasteiger partial charge in [-0.05, 0) is 36.1 Å². The highest BCUT2D eigenvalue weighted by molar-refractivity contribution is 7.98. The van der Waals surface area contributed by atoms with Crippen LogP contribution in [0.1, 0.15) is 41.4 Å². The number of aromatic nitrogens is 4. The highest BCUT2D eigenvalue weighted by atomic mass is 32.2. The summed E-state index contributed by atoms with van der Waals surface area (Å²) < 4.78 is 0. The molecule has 158 valence electrons. The van der Waals surface area contributed by atoms with Gasteiger partial charge in [-0.15, -0.1) is 33.3 Å². The predicted molar refractivity (Wildman–Crippen MR) is 129 cm³/mol. The van der Waals surface area contributed by atoms with Crippen LogP contribution in [0.25, 0.3) is 21.3 Å². The molecule has 0 aliphatic heterocycles.